The van der Waals surface area contributed by atoms with E-state index in [1.165, 1.54) is 0 Å². The lowest BCUT2D eigenvalue weighted by atomic mass is 10.1. The minimum atomic E-state index is -0.242. The summed E-state index contributed by atoms with van der Waals surface area (Å²) in [6, 6.07) is 7.78. The first-order chi connectivity index (χ1) is 8.97. The maximum atomic E-state index is 12.1. The van der Waals surface area contributed by atoms with Gasteiger partial charge in [0.15, 0.2) is 0 Å². The van der Waals surface area contributed by atoms with Gasteiger partial charge in [-0.3, -0.25) is 9.59 Å². The first-order valence-electron chi connectivity index (χ1n) is 6.33. The van der Waals surface area contributed by atoms with Gasteiger partial charge >= 0.3 is 0 Å². The molecule has 1 saturated heterocycles. The molecule has 1 unspecified atom stereocenters. The molecule has 0 radical (unpaired) electrons. The Morgan fingerprint density at radius 3 is 2.53 bits per heavy atom. The third kappa shape index (κ3) is 3.46. The number of carbonyl (C=O) groups excluding carboxylic acids is 2. The number of anilines is 1. The highest BCUT2D eigenvalue weighted by molar-refractivity contribution is 14.1. The number of rotatable bonds is 3. The second-order valence-corrected chi connectivity index (χ2v) is 6.28. The van der Waals surface area contributed by atoms with Crippen molar-refractivity contribution in [2.75, 3.05) is 11.9 Å². The summed E-state index contributed by atoms with van der Waals surface area (Å²) in [7, 11) is 0. The van der Waals surface area contributed by atoms with Crippen LogP contribution in [0.5, 0.6) is 0 Å². The van der Waals surface area contributed by atoms with Crippen molar-refractivity contribution >= 4 is 40.1 Å². The van der Waals surface area contributed by atoms with Crippen LogP contribution in [0, 0.1) is 9.49 Å². The third-order valence-electron chi connectivity index (χ3n) is 3.26. The van der Waals surface area contributed by atoms with Crippen molar-refractivity contribution in [3.8, 4) is 0 Å². The van der Waals surface area contributed by atoms with Gasteiger partial charge in [-0.1, -0.05) is 0 Å². The monoisotopic (exact) mass is 372 g/mol. The number of likely N-dealkylation sites (tertiary alicyclic amines) is 1. The Bertz CT molecular complexity index is 485. The van der Waals surface area contributed by atoms with E-state index in [1.54, 1.807) is 4.90 Å². The topological polar surface area (TPSA) is 49.4 Å². The fraction of sp³-hybridized carbons (Fsp3) is 0.429. The first kappa shape index (κ1) is 14.3. The van der Waals surface area contributed by atoms with Gasteiger partial charge in [-0.05, 0) is 60.7 Å². The van der Waals surface area contributed by atoms with Crippen molar-refractivity contribution in [3.05, 3.63) is 27.8 Å². The molecule has 1 aliphatic rings. The van der Waals surface area contributed by atoms with Crippen LogP contribution in [-0.4, -0.2) is 29.3 Å². The van der Waals surface area contributed by atoms with Gasteiger partial charge < -0.3 is 10.2 Å². The van der Waals surface area contributed by atoms with Crippen molar-refractivity contribution in [2.24, 2.45) is 5.92 Å². The van der Waals surface area contributed by atoms with Gasteiger partial charge in [0.1, 0.15) is 0 Å². The summed E-state index contributed by atoms with van der Waals surface area (Å²) < 4.78 is 1.12. The van der Waals surface area contributed by atoms with Crippen LogP contribution in [0.25, 0.3) is 0 Å². The third-order valence-corrected chi connectivity index (χ3v) is 3.98. The molecule has 2 amide bonds. The van der Waals surface area contributed by atoms with Crippen LogP contribution < -0.4 is 5.32 Å². The van der Waals surface area contributed by atoms with Gasteiger partial charge in [0, 0.05) is 28.3 Å². The van der Waals surface area contributed by atoms with Crippen molar-refractivity contribution < 1.29 is 9.59 Å². The van der Waals surface area contributed by atoms with Gasteiger partial charge in [0.05, 0.1) is 5.92 Å². The molecule has 1 N–H and O–H groups in total. The quantitative estimate of drug-likeness (QED) is 0.829. The molecule has 0 saturated carbocycles. The van der Waals surface area contributed by atoms with Gasteiger partial charge in [-0.2, -0.15) is 0 Å². The number of nitrogens with one attached hydrogen (secondary N) is 1. The second kappa shape index (κ2) is 5.90. The molecule has 4 nitrogen and oxygen atoms in total. The largest absolute Gasteiger partial charge is 0.339 e. The Labute approximate surface area is 126 Å². The summed E-state index contributed by atoms with van der Waals surface area (Å²) in [6.07, 6.45) is 0.314. The molecule has 0 bridgehead atoms. The van der Waals surface area contributed by atoms with Crippen LogP contribution in [0.15, 0.2) is 24.3 Å². The summed E-state index contributed by atoms with van der Waals surface area (Å²) in [4.78, 5) is 25.7. The van der Waals surface area contributed by atoms with E-state index in [0.717, 1.165) is 9.26 Å². The van der Waals surface area contributed by atoms with Crippen LogP contribution in [0.3, 0.4) is 0 Å². The lowest BCUT2D eigenvalue weighted by Crippen LogP contribution is -2.33. The molecular formula is C14H17IN2O2. The average molecular weight is 372 g/mol. The average Bonchev–Trinajstić information content (AvgIpc) is 2.74. The lowest BCUT2D eigenvalue weighted by molar-refractivity contribution is -0.129. The molecule has 0 spiro atoms. The molecule has 0 aliphatic carbocycles. The molecule has 5 heteroatoms. The predicted molar refractivity (Wildman–Crippen MR) is 82.7 cm³/mol. The highest BCUT2D eigenvalue weighted by Crippen LogP contribution is 2.22. The number of amides is 2. The zero-order chi connectivity index (χ0) is 14.0. The lowest BCUT2D eigenvalue weighted by Gasteiger charge is -2.20. The van der Waals surface area contributed by atoms with Crippen molar-refractivity contribution in [1.82, 2.24) is 4.90 Å². The zero-order valence-electron chi connectivity index (χ0n) is 11.0. The molecule has 1 aromatic rings. The molecule has 19 heavy (non-hydrogen) atoms. The number of nitrogens with zero attached hydrogens (tertiary/aromatic N) is 1. The fourth-order valence-electron chi connectivity index (χ4n) is 2.18. The maximum absolute atomic E-state index is 12.1. The Balaban J connectivity index is 1.98. The van der Waals surface area contributed by atoms with Crippen LogP contribution in [0.2, 0.25) is 0 Å². The Morgan fingerprint density at radius 2 is 2.00 bits per heavy atom. The fourth-order valence-corrected chi connectivity index (χ4v) is 2.54. The number of benzene rings is 1. The van der Waals surface area contributed by atoms with E-state index in [1.807, 2.05) is 38.1 Å². The summed E-state index contributed by atoms with van der Waals surface area (Å²) in [5, 5.41) is 2.87. The summed E-state index contributed by atoms with van der Waals surface area (Å²) in [6.45, 7) is 4.46. The van der Waals surface area contributed by atoms with Gasteiger partial charge in [0.2, 0.25) is 11.8 Å². The maximum Gasteiger partial charge on any atom is 0.229 e. The number of hydrogen-bond donors (Lipinski definition) is 1. The van der Waals surface area contributed by atoms with Gasteiger partial charge in [0.25, 0.3) is 0 Å². The van der Waals surface area contributed by atoms with Gasteiger partial charge in [-0.25, -0.2) is 0 Å². The first-order valence-corrected chi connectivity index (χ1v) is 7.41. The predicted octanol–water partition coefficient (Wildman–Crippen LogP) is 2.49. The molecular weight excluding hydrogens is 355 g/mol. The van der Waals surface area contributed by atoms with Crippen LogP contribution >= 0.6 is 22.6 Å². The zero-order valence-corrected chi connectivity index (χ0v) is 13.2. The van der Waals surface area contributed by atoms with Crippen molar-refractivity contribution in [2.45, 2.75) is 26.3 Å². The van der Waals surface area contributed by atoms with E-state index >= 15 is 0 Å². The molecule has 1 heterocycles. The minimum absolute atomic E-state index is 0.0674. The molecule has 1 aromatic carbocycles. The van der Waals surface area contributed by atoms with E-state index < -0.39 is 0 Å². The summed E-state index contributed by atoms with van der Waals surface area (Å²) in [5.41, 5.74) is 0.779. The smallest absolute Gasteiger partial charge is 0.229 e. The molecule has 102 valence electrons. The van der Waals surface area contributed by atoms with E-state index in [0.29, 0.717) is 13.0 Å². The number of halogens is 1. The molecule has 1 fully saturated rings. The Hall–Kier alpha value is -1.11. The van der Waals surface area contributed by atoms with Crippen molar-refractivity contribution in [3.63, 3.8) is 0 Å². The number of hydrogen-bond acceptors (Lipinski definition) is 2. The Kier molecular flexibility index (Phi) is 4.44. The summed E-state index contributed by atoms with van der Waals surface area (Å²) in [5.74, 6) is -0.246. The van der Waals surface area contributed by atoms with Gasteiger partial charge in [-0.15, -0.1) is 0 Å². The SMILES string of the molecule is CC(C)N1CC(C(=O)Nc2ccc(I)cc2)CC1=O. The minimum Gasteiger partial charge on any atom is -0.339 e. The van der Waals surface area contributed by atoms with E-state index in [-0.39, 0.29) is 23.8 Å². The highest BCUT2D eigenvalue weighted by atomic mass is 127. The van der Waals surface area contributed by atoms with Crippen LogP contribution in [-0.2, 0) is 9.59 Å². The normalized spacial score (nSPS) is 19.1. The van der Waals surface area contributed by atoms with E-state index in [2.05, 4.69) is 27.9 Å². The molecule has 1 aliphatic heterocycles. The number of carbonyl (C=O) groups is 2. The standard InChI is InChI=1S/C14H17IN2O2/c1-9(2)17-8-10(7-13(17)18)14(19)16-12-5-3-11(15)4-6-12/h3-6,9-10H,7-8H2,1-2H3,(H,16,19). The van der Waals surface area contributed by atoms with Crippen LogP contribution in [0.4, 0.5) is 5.69 Å². The highest BCUT2D eigenvalue weighted by Gasteiger charge is 2.35. The van der Waals surface area contributed by atoms with Crippen molar-refractivity contribution in [1.29, 1.82) is 0 Å². The molecule has 0 aromatic heterocycles. The second-order valence-electron chi connectivity index (χ2n) is 5.04. The van der Waals surface area contributed by atoms with E-state index in [4.69, 9.17) is 0 Å². The Morgan fingerprint density at radius 1 is 1.37 bits per heavy atom. The molecule has 2 rings (SSSR count). The van der Waals surface area contributed by atoms with E-state index in [9.17, 15) is 9.59 Å². The van der Waals surface area contributed by atoms with Crippen LogP contribution in [0.1, 0.15) is 20.3 Å². The molecule has 1 atom stereocenters. The summed E-state index contributed by atoms with van der Waals surface area (Å²) >= 11 is 2.22.